The number of carbonyl (C=O) groups is 2. The Morgan fingerprint density at radius 3 is 2.11 bits per heavy atom. The lowest BCUT2D eigenvalue weighted by molar-refractivity contribution is -0.125. The van der Waals surface area contributed by atoms with Crippen molar-refractivity contribution in [2.24, 2.45) is 11.8 Å². The molecule has 0 radical (unpaired) electrons. The third-order valence-electron chi connectivity index (χ3n) is 5.93. The van der Waals surface area contributed by atoms with Gasteiger partial charge in [-0.05, 0) is 57.4 Å². The summed E-state index contributed by atoms with van der Waals surface area (Å²) in [4.78, 5) is 27.2. The summed E-state index contributed by atoms with van der Waals surface area (Å²) >= 11 is 0. The molecule has 148 valence electrons. The van der Waals surface area contributed by atoms with Gasteiger partial charge in [-0.15, -0.1) is 0 Å². The van der Waals surface area contributed by atoms with Crippen LogP contribution < -0.4 is 15.5 Å². The zero-order valence-corrected chi connectivity index (χ0v) is 16.7. The average molecular weight is 372 g/mol. The van der Waals surface area contributed by atoms with E-state index in [1.165, 1.54) is 25.7 Å². The number of hydrogen-bond acceptors (Lipinski definition) is 3. The van der Waals surface area contributed by atoms with E-state index in [0.717, 1.165) is 37.3 Å². The van der Waals surface area contributed by atoms with Gasteiger partial charge in [-0.25, -0.2) is 0 Å². The first-order valence-corrected chi connectivity index (χ1v) is 10.6. The van der Waals surface area contributed by atoms with Crippen LogP contribution in [-0.4, -0.2) is 30.9 Å². The van der Waals surface area contributed by atoms with Crippen LogP contribution in [-0.2, 0) is 9.59 Å². The van der Waals surface area contributed by atoms with Crippen molar-refractivity contribution in [1.29, 1.82) is 0 Å². The lowest BCUT2D eigenvalue weighted by Gasteiger charge is -2.21. The number of rotatable bonds is 7. The zero-order valence-electron chi connectivity index (χ0n) is 16.7. The summed E-state index contributed by atoms with van der Waals surface area (Å²) in [7, 11) is 0. The van der Waals surface area contributed by atoms with Crippen LogP contribution in [0.25, 0.3) is 0 Å². The molecule has 2 N–H and O–H groups in total. The van der Waals surface area contributed by atoms with E-state index >= 15 is 0 Å². The van der Waals surface area contributed by atoms with Crippen molar-refractivity contribution in [2.45, 2.75) is 64.8 Å². The van der Waals surface area contributed by atoms with Gasteiger partial charge in [0.25, 0.3) is 0 Å². The second-order valence-corrected chi connectivity index (χ2v) is 7.85. The number of carbonyl (C=O) groups excluding carboxylic acids is 2. The normalized spacial score (nSPS) is 22.6. The Morgan fingerprint density at radius 1 is 0.926 bits per heavy atom. The Balaban J connectivity index is 1.47. The van der Waals surface area contributed by atoms with Crippen LogP contribution in [0, 0.1) is 11.8 Å². The second-order valence-electron chi connectivity index (χ2n) is 7.85. The average Bonchev–Trinajstić information content (AvgIpc) is 3.49. The van der Waals surface area contributed by atoms with E-state index in [1.54, 1.807) is 0 Å². The van der Waals surface area contributed by atoms with Crippen LogP contribution >= 0.6 is 0 Å². The highest BCUT2D eigenvalue weighted by molar-refractivity contribution is 5.99. The molecule has 0 bridgehead atoms. The molecule has 0 aliphatic heterocycles. The summed E-state index contributed by atoms with van der Waals surface area (Å²) in [6.45, 7) is 6.18. The summed E-state index contributed by atoms with van der Waals surface area (Å²) in [5, 5.41) is 6.14. The largest absolute Gasteiger partial charge is 0.372 e. The number of benzene rings is 1. The van der Waals surface area contributed by atoms with Crippen molar-refractivity contribution in [1.82, 2.24) is 5.32 Å². The van der Waals surface area contributed by atoms with Gasteiger partial charge >= 0.3 is 0 Å². The summed E-state index contributed by atoms with van der Waals surface area (Å²) in [6, 6.07) is 8.25. The Morgan fingerprint density at radius 2 is 1.52 bits per heavy atom. The zero-order chi connectivity index (χ0) is 19.2. The molecule has 2 atom stereocenters. The van der Waals surface area contributed by atoms with Crippen molar-refractivity contribution < 1.29 is 9.59 Å². The maximum atomic E-state index is 12.5. The second kappa shape index (κ2) is 9.25. The lowest BCUT2D eigenvalue weighted by Crippen LogP contribution is -2.36. The quantitative estimate of drug-likeness (QED) is 0.714. The van der Waals surface area contributed by atoms with Crippen molar-refractivity contribution >= 4 is 23.2 Å². The molecule has 0 spiro atoms. The molecule has 5 nitrogen and oxygen atoms in total. The standard InChI is InChI=1S/C22H33N3O2/c1-3-25(4-2)18-13-11-17(12-14-18)24-22(27)20-15-19(20)21(26)23-16-9-7-5-6-8-10-16/h11-14,16,19-20H,3-10,15H2,1-2H3,(H,23,26)(H,24,27). The maximum Gasteiger partial charge on any atom is 0.228 e. The fraction of sp³-hybridized carbons (Fsp3) is 0.636. The summed E-state index contributed by atoms with van der Waals surface area (Å²) < 4.78 is 0. The molecule has 1 aromatic rings. The van der Waals surface area contributed by atoms with Crippen LogP contribution in [0.4, 0.5) is 11.4 Å². The topological polar surface area (TPSA) is 61.4 Å². The van der Waals surface area contributed by atoms with E-state index in [1.807, 2.05) is 24.3 Å². The van der Waals surface area contributed by atoms with E-state index in [-0.39, 0.29) is 23.7 Å². The minimum Gasteiger partial charge on any atom is -0.372 e. The molecular weight excluding hydrogens is 338 g/mol. The van der Waals surface area contributed by atoms with Gasteiger partial charge in [0.15, 0.2) is 0 Å². The smallest absolute Gasteiger partial charge is 0.228 e. The minimum atomic E-state index is -0.182. The molecule has 2 amide bonds. The highest BCUT2D eigenvalue weighted by Gasteiger charge is 2.48. The summed E-state index contributed by atoms with van der Waals surface area (Å²) in [6.07, 6.45) is 7.76. The third kappa shape index (κ3) is 5.24. The van der Waals surface area contributed by atoms with Crippen LogP contribution in [0.5, 0.6) is 0 Å². The highest BCUT2D eigenvalue weighted by atomic mass is 16.2. The molecule has 27 heavy (non-hydrogen) atoms. The van der Waals surface area contributed by atoms with Crippen molar-refractivity contribution in [3.05, 3.63) is 24.3 Å². The highest BCUT2D eigenvalue weighted by Crippen LogP contribution is 2.40. The van der Waals surface area contributed by atoms with Crippen LogP contribution in [0.15, 0.2) is 24.3 Å². The minimum absolute atomic E-state index is 0.0356. The first kappa shape index (κ1) is 19.7. The summed E-state index contributed by atoms with van der Waals surface area (Å²) in [5.74, 6) is -0.299. The molecule has 2 aliphatic carbocycles. The molecule has 2 saturated carbocycles. The number of nitrogens with zero attached hydrogens (tertiary/aromatic N) is 1. The number of amides is 2. The van der Waals surface area contributed by atoms with Crippen LogP contribution in [0.1, 0.15) is 58.8 Å². The fourth-order valence-corrected chi connectivity index (χ4v) is 4.09. The molecule has 0 heterocycles. The van der Waals surface area contributed by atoms with Gasteiger partial charge in [0.2, 0.25) is 11.8 Å². The van der Waals surface area contributed by atoms with Gasteiger partial charge in [0.05, 0.1) is 11.8 Å². The Labute approximate surface area is 162 Å². The van der Waals surface area contributed by atoms with E-state index in [9.17, 15) is 9.59 Å². The molecule has 3 rings (SSSR count). The Hall–Kier alpha value is -2.04. The molecule has 2 fully saturated rings. The molecular formula is C22H33N3O2. The number of anilines is 2. The van der Waals surface area contributed by atoms with E-state index < -0.39 is 0 Å². The Bertz CT molecular complexity index is 631. The SMILES string of the molecule is CCN(CC)c1ccc(NC(=O)C2CC2C(=O)NC2CCCCCC2)cc1. The van der Waals surface area contributed by atoms with Gasteiger partial charge in [-0.3, -0.25) is 9.59 Å². The molecule has 0 saturated heterocycles. The molecule has 0 aromatic heterocycles. The van der Waals surface area contributed by atoms with Crippen LogP contribution in [0.3, 0.4) is 0 Å². The fourth-order valence-electron chi connectivity index (χ4n) is 4.09. The van der Waals surface area contributed by atoms with Gasteiger partial charge < -0.3 is 15.5 Å². The van der Waals surface area contributed by atoms with E-state index in [0.29, 0.717) is 12.5 Å². The first-order chi connectivity index (χ1) is 13.1. The number of hydrogen-bond donors (Lipinski definition) is 2. The van der Waals surface area contributed by atoms with Gasteiger partial charge in [-0.1, -0.05) is 25.7 Å². The van der Waals surface area contributed by atoms with Gasteiger partial charge in [0.1, 0.15) is 0 Å². The molecule has 2 unspecified atom stereocenters. The molecule has 2 aliphatic rings. The van der Waals surface area contributed by atoms with E-state index in [4.69, 9.17) is 0 Å². The molecule has 5 heteroatoms. The van der Waals surface area contributed by atoms with Gasteiger partial charge in [0, 0.05) is 30.5 Å². The molecule has 1 aromatic carbocycles. The predicted molar refractivity (Wildman–Crippen MR) is 110 cm³/mol. The van der Waals surface area contributed by atoms with Crippen molar-refractivity contribution in [2.75, 3.05) is 23.3 Å². The summed E-state index contributed by atoms with van der Waals surface area (Å²) in [5.41, 5.74) is 1.95. The third-order valence-corrected chi connectivity index (χ3v) is 5.93. The van der Waals surface area contributed by atoms with E-state index in [2.05, 4.69) is 29.4 Å². The monoisotopic (exact) mass is 371 g/mol. The van der Waals surface area contributed by atoms with Crippen molar-refractivity contribution in [3.8, 4) is 0 Å². The number of nitrogens with one attached hydrogen (secondary N) is 2. The lowest BCUT2D eigenvalue weighted by atomic mass is 10.1. The van der Waals surface area contributed by atoms with Gasteiger partial charge in [-0.2, -0.15) is 0 Å². The predicted octanol–water partition coefficient (Wildman–Crippen LogP) is 3.95. The van der Waals surface area contributed by atoms with Crippen molar-refractivity contribution in [3.63, 3.8) is 0 Å². The first-order valence-electron chi connectivity index (χ1n) is 10.6. The Kier molecular flexibility index (Phi) is 6.75. The van der Waals surface area contributed by atoms with Crippen LogP contribution in [0.2, 0.25) is 0 Å². The maximum absolute atomic E-state index is 12.5.